The summed E-state index contributed by atoms with van der Waals surface area (Å²) in [5.41, 5.74) is 3.91. The first-order valence-electron chi connectivity index (χ1n) is 15.7. The van der Waals surface area contributed by atoms with Crippen LogP contribution in [0.2, 0.25) is 10.0 Å². The number of halogens is 3. The first-order chi connectivity index (χ1) is 23.3. The molecule has 0 spiro atoms. The number of methoxy groups -OCH3 is 1. The molecule has 5 heterocycles. The van der Waals surface area contributed by atoms with E-state index in [0.717, 1.165) is 18.4 Å². The largest absolute Gasteiger partial charge is 0.481 e. The van der Waals surface area contributed by atoms with Crippen molar-refractivity contribution in [2.75, 3.05) is 25.5 Å². The highest BCUT2D eigenvalue weighted by molar-refractivity contribution is 6.39. The summed E-state index contributed by atoms with van der Waals surface area (Å²) in [5.74, 6) is 0.0722. The molecule has 4 aromatic rings. The lowest BCUT2D eigenvalue weighted by molar-refractivity contribution is -0.120. The van der Waals surface area contributed by atoms with Crippen molar-refractivity contribution in [3.05, 3.63) is 81.8 Å². The number of pyridine rings is 3. The molecule has 2 saturated heterocycles. The van der Waals surface area contributed by atoms with Crippen molar-refractivity contribution in [1.82, 2.24) is 36.2 Å². The van der Waals surface area contributed by atoms with Crippen LogP contribution >= 0.6 is 23.2 Å². The molecule has 2 atom stereocenters. The number of hydrogen-bond acceptors (Lipinski definition) is 9. The summed E-state index contributed by atoms with van der Waals surface area (Å²) in [6, 6.07) is 12.7. The Kier molecular flexibility index (Phi) is 10.7. The maximum atomic E-state index is 15.5. The number of benzene rings is 1. The maximum absolute atomic E-state index is 15.5. The molecular formula is C34H35Cl2FN8O3. The van der Waals surface area contributed by atoms with Crippen LogP contribution < -0.4 is 31.3 Å². The van der Waals surface area contributed by atoms with Crippen molar-refractivity contribution >= 4 is 46.5 Å². The van der Waals surface area contributed by atoms with Gasteiger partial charge in [0.05, 0.1) is 34.2 Å². The smallest absolute Gasteiger partial charge is 0.220 e. The van der Waals surface area contributed by atoms with E-state index in [1.807, 2.05) is 24.3 Å². The van der Waals surface area contributed by atoms with Crippen LogP contribution in [0.4, 0.5) is 15.9 Å². The van der Waals surface area contributed by atoms with Crippen LogP contribution in [0, 0.1) is 5.82 Å². The van der Waals surface area contributed by atoms with Crippen molar-refractivity contribution in [2.45, 2.75) is 50.9 Å². The molecule has 14 heteroatoms. The number of anilines is 2. The first-order valence-corrected chi connectivity index (χ1v) is 16.4. The Labute approximate surface area is 287 Å². The van der Waals surface area contributed by atoms with E-state index >= 15 is 4.39 Å². The normalized spacial score (nSPS) is 17.3. The van der Waals surface area contributed by atoms with E-state index in [9.17, 15) is 9.59 Å². The molecule has 0 aliphatic carbocycles. The molecule has 0 bridgehead atoms. The number of amides is 2. The van der Waals surface area contributed by atoms with Gasteiger partial charge in [0.2, 0.25) is 17.7 Å². The van der Waals surface area contributed by atoms with Crippen LogP contribution in [0.15, 0.2) is 54.9 Å². The van der Waals surface area contributed by atoms with E-state index in [1.54, 1.807) is 31.5 Å². The number of aromatic nitrogens is 3. The zero-order valence-electron chi connectivity index (χ0n) is 26.2. The van der Waals surface area contributed by atoms with Gasteiger partial charge in [0, 0.05) is 85.8 Å². The second kappa shape index (κ2) is 15.2. The predicted molar refractivity (Wildman–Crippen MR) is 183 cm³/mol. The van der Waals surface area contributed by atoms with Crippen molar-refractivity contribution in [3.63, 3.8) is 0 Å². The Balaban J connectivity index is 1.17. The second-order valence-electron chi connectivity index (χ2n) is 11.7. The number of ether oxygens (including phenoxy) is 1. The van der Waals surface area contributed by atoms with Gasteiger partial charge in [-0.2, -0.15) is 0 Å². The fraction of sp³-hybridized carbons (Fsp3) is 0.324. The van der Waals surface area contributed by atoms with Gasteiger partial charge in [-0.05, 0) is 31.0 Å². The molecule has 2 fully saturated rings. The average Bonchev–Trinajstić information content (AvgIpc) is 3.70. The zero-order chi connectivity index (χ0) is 33.6. The minimum atomic E-state index is -0.515. The van der Waals surface area contributed by atoms with Gasteiger partial charge in [-0.15, -0.1) is 0 Å². The second-order valence-corrected chi connectivity index (χ2v) is 12.4. The van der Waals surface area contributed by atoms with Gasteiger partial charge < -0.3 is 31.3 Å². The highest BCUT2D eigenvalue weighted by atomic mass is 35.5. The molecule has 5 N–H and O–H groups in total. The van der Waals surface area contributed by atoms with Crippen LogP contribution in [0.5, 0.6) is 5.88 Å². The fourth-order valence-corrected chi connectivity index (χ4v) is 6.40. The molecule has 0 radical (unpaired) electrons. The molecule has 11 nitrogen and oxygen atoms in total. The molecular weight excluding hydrogens is 658 g/mol. The number of nitrogens with one attached hydrogen (secondary N) is 5. The van der Waals surface area contributed by atoms with Gasteiger partial charge in [-0.3, -0.25) is 14.6 Å². The fourth-order valence-electron chi connectivity index (χ4n) is 5.83. The van der Waals surface area contributed by atoms with Crippen LogP contribution in [0.1, 0.15) is 36.8 Å². The first kappa shape index (κ1) is 33.5. The number of nitrogens with zero attached hydrogens (tertiary/aromatic N) is 3. The van der Waals surface area contributed by atoms with Gasteiger partial charge in [0.25, 0.3) is 0 Å². The monoisotopic (exact) mass is 692 g/mol. The Morgan fingerprint density at radius 1 is 0.854 bits per heavy atom. The quantitative estimate of drug-likeness (QED) is 0.129. The number of hydrogen-bond donors (Lipinski definition) is 5. The Morgan fingerprint density at radius 2 is 1.52 bits per heavy atom. The van der Waals surface area contributed by atoms with Gasteiger partial charge >= 0.3 is 0 Å². The van der Waals surface area contributed by atoms with E-state index in [2.05, 4.69) is 36.6 Å². The van der Waals surface area contributed by atoms with Crippen molar-refractivity contribution in [3.8, 4) is 28.4 Å². The van der Waals surface area contributed by atoms with Gasteiger partial charge in [-0.25, -0.2) is 14.4 Å². The summed E-state index contributed by atoms with van der Waals surface area (Å²) in [7, 11) is 1.56. The van der Waals surface area contributed by atoms with Crippen molar-refractivity contribution in [2.24, 2.45) is 0 Å². The molecule has 3 aromatic heterocycles. The summed E-state index contributed by atoms with van der Waals surface area (Å²) in [5, 5.41) is 16.0. The van der Waals surface area contributed by atoms with Crippen molar-refractivity contribution < 1.29 is 18.7 Å². The third-order valence-electron chi connectivity index (χ3n) is 8.36. The highest BCUT2D eigenvalue weighted by Gasteiger charge is 2.22. The standard InChI is InChI=1S/C34H35Cl2FN8O3/c1-48-34-20(16-39-18-22-7-10-28(47)43-22)5-8-25(45-34)23-3-2-4-24(29(23)35)32-30(36)26(12-14-40-32)44-33-31(37)19(11-13-41-33)15-38-17-21-6-9-27(46)42-21/h2-5,8,11-14,21-22,38-39H,6-7,9-10,15-18H2,1H3,(H,42,46)(H,43,47)(H,40,41,44)/t21-,22-/m1/s1. The Bertz CT molecular complexity index is 1830. The van der Waals surface area contributed by atoms with E-state index in [0.29, 0.717) is 77.1 Å². The summed E-state index contributed by atoms with van der Waals surface area (Å²) in [6.07, 6.45) is 5.72. The lowest BCUT2D eigenvalue weighted by atomic mass is 10.0. The van der Waals surface area contributed by atoms with Crippen LogP contribution in [-0.4, -0.2) is 59.0 Å². The van der Waals surface area contributed by atoms with Crippen LogP contribution in [0.25, 0.3) is 22.5 Å². The highest BCUT2D eigenvalue weighted by Crippen LogP contribution is 2.41. The Hall–Kier alpha value is -4.36. The number of carbonyl (C=O) groups is 2. The third-order valence-corrected chi connectivity index (χ3v) is 9.15. The van der Waals surface area contributed by atoms with Gasteiger partial charge in [0.15, 0.2) is 11.6 Å². The molecule has 1 aromatic carbocycles. The molecule has 6 rings (SSSR count). The summed E-state index contributed by atoms with van der Waals surface area (Å²) >= 11 is 13.8. The molecule has 48 heavy (non-hydrogen) atoms. The molecule has 2 amide bonds. The predicted octanol–water partition coefficient (Wildman–Crippen LogP) is 5.14. The number of carbonyl (C=O) groups excluding carboxylic acids is 2. The third kappa shape index (κ3) is 7.68. The minimum absolute atomic E-state index is 0.0150. The van der Waals surface area contributed by atoms with Crippen LogP contribution in [-0.2, 0) is 22.7 Å². The molecule has 2 aliphatic heterocycles. The van der Waals surface area contributed by atoms with Crippen molar-refractivity contribution in [1.29, 1.82) is 0 Å². The maximum Gasteiger partial charge on any atom is 0.220 e. The van der Waals surface area contributed by atoms with Gasteiger partial charge in [-0.1, -0.05) is 47.5 Å². The van der Waals surface area contributed by atoms with E-state index in [1.165, 1.54) is 6.20 Å². The Morgan fingerprint density at radius 3 is 2.19 bits per heavy atom. The lowest BCUT2D eigenvalue weighted by Gasteiger charge is -2.16. The van der Waals surface area contributed by atoms with E-state index in [4.69, 9.17) is 32.9 Å². The SMILES string of the molecule is COc1nc(-c2cccc(-c3nccc(Nc4nccc(CNC[C@H]5CCC(=O)N5)c4F)c3Cl)c2Cl)ccc1CNC[C@H]1CCC(=O)N1. The summed E-state index contributed by atoms with van der Waals surface area (Å²) < 4.78 is 21.1. The molecule has 0 unspecified atom stereocenters. The number of rotatable bonds is 13. The van der Waals surface area contributed by atoms with Gasteiger partial charge in [0.1, 0.15) is 0 Å². The molecule has 2 aliphatic rings. The lowest BCUT2D eigenvalue weighted by Crippen LogP contribution is -2.35. The molecule has 0 saturated carbocycles. The summed E-state index contributed by atoms with van der Waals surface area (Å²) in [4.78, 5) is 36.3. The van der Waals surface area contributed by atoms with E-state index in [-0.39, 0.29) is 41.3 Å². The zero-order valence-corrected chi connectivity index (χ0v) is 27.7. The minimum Gasteiger partial charge on any atom is -0.481 e. The molecule has 250 valence electrons. The average molecular weight is 694 g/mol. The van der Waals surface area contributed by atoms with Crippen LogP contribution in [0.3, 0.4) is 0 Å². The van der Waals surface area contributed by atoms with E-state index < -0.39 is 5.82 Å². The topological polar surface area (TPSA) is 142 Å². The summed E-state index contributed by atoms with van der Waals surface area (Å²) in [6.45, 7) is 1.98.